The van der Waals surface area contributed by atoms with Gasteiger partial charge in [-0.15, -0.1) is 0 Å². The highest BCUT2D eigenvalue weighted by molar-refractivity contribution is 7.92. The van der Waals surface area contributed by atoms with E-state index in [1.165, 1.54) is 7.11 Å². The number of aliphatic hydroxyl groups excluding tert-OH is 1. The highest BCUT2D eigenvalue weighted by atomic mass is 32.2. The maximum absolute atomic E-state index is 11.9. The molecule has 6 nitrogen and oxygen atoms in total. The molecule has 0 aliphatic heterocycles. The van der Waals surface area contributed by atoms with Gasteiger partial charge < -0.3 is 9.84 Å². The summed E-state index contributed by atoms with van der Waals surface area (Å²) in [6.45, 7) is 1.53. The number of rotatable bonds is 5. The number of aryl methyl sites for hydroxylation is 1. The highest BCUT2D eigenvalue weighted by Crippen LogP contribution is 2.18. The molecule has 114 valence electrons. The van der Waals surface area contributed by atoms with Crippen LogP contribution in [-0.4, -0.2) is 39.0 Å². The second kappa shape index (κ2) is 7.67. The standard InChI is InChI=1S/C14H17NO5S/c1-11-5-6-13(12(10-11)4-3-8-16)15-21(18,19)9-7-14(17)20-2/h5-6,10,15-16H,7-9H2,1-2H3. The lowest BCUT2D eigenvalue weighted by Crippen LogP contribution is -2.20. The normalized spacial score (nSPS) is 10.4. The molecule has 0 radical (unpaired) electrons. The SMILES string of the molecule is COC(=O)CCS(=O)(=O)Nc1ccc(C)cc1C#CCO. The molecule has 0 bridgehead atoms. The van der Waals surface area contributed by atoms with Crippen molar-refractivity contribution in [3.05, 3.63) is 29.3 Å². The Kier molecular flexibility index (Phi) is 6.21. The molecule has 0 heterocycles. The molecule has 1 rings (SSSR count). The Bertz CT molecular complexity index is 670. The summed E-state index contributed by atoms with van der Waals surface area (Å²) < 4.78 is 30.6. The zero-order valence-corrected chi connectivity index (χ0v) is 12.7. The van der Waals surface area contributed by atoms with Gasteiger partial charge in [0.15, 0.2) is 0 Å². The van der Waals surface area contributed by atoms with Gasteiger partial charge in [-0.3, -0.25) is 9.52 Å². The molecule has 0 atom stereocenters. The molecule has 0 spiro atoms. The number of esters is 1. The first kappa shape index (κ1) is 17.0. The number of methoxy groups -OCH3 is 1. The Labute approximate surface area is 124 Å². The fourth-order valence-electron chi connectivity index (χ4n) is 1.52. The molecule has 0 saturated carbocycles. The molecule has 1 aromatic carbocycles. The molecule has 1 aromatic rings. The molecular weight excluding hydrogens is 294 g/mol. The van der Waals surface area contributed by atoms with E-state index in [0.717, 1.165) is 5.56 Å². The highest BCUT2D eigenvalue weighted by Gasteiger charge is 2.15. The number of anilines is 1. The van der Waals surface area contributed by atoms with Gasteiger partial charge in [-0.1, -0.05) is 17.9 Å². The van der Waals surface area contributed by atoms with Gasteiger partial charge in [-0.25, -0.2) is 8.42 Å². The molecule has 0 aliphatic rings. The van der Waals surface area contributed by atoms with Crippen LogP contribution in [0.1, 0.15) is 17.5 Å². The van der Waals surface area contributed by atoms with E-state index < -0.39 is 16.0 Å². The number of benzene rings is 1. The van der Waals surface area contributed by atoms with Crippen molar-refractivity contribution >= 4 is 21.7 Å². The monoisotopic (exact) mass is 311 g/mol. The Hall–Kier alpha value is -2.04. The van der Waals surface area contributed by atoms with Crippen molar-refractivity contribution in [1.29, 1.82) is 0 Å². The van der Waals surface area contributed by atoms with Crippen LogP contribution < -0.4 is 4.72 Å². The summed E-state index contributed by atoms with van der Waals surface area (Å²) in [7, 11) is -2.48. The number of sulfonamides is 1. The molecule has 0 amide bonds. The molecule has 2 N–H and O–H groups in total. The Morgan fingerprint density at radius 1 is 1.43 bits per heavy atom. The maximum atomic E-state index is 11.9. The van der Waals surface area contributed by atoms with Crippen molar-refractivity contribution in [3.8, 4) is 11.8 Å². The minimum absolute atomic E-state index is 0.227. The van der Waals surface area contributed by atoms with Crippen molar-refractivity contribution in [2.45, 2.75) is 13.3 Å². The van der Waals surface area contributed by atoms with Crippen LogP contribution >= 0.6 is 0 Å². The average molecular weight is 311 g/mol. The number of aliphatic hydroxyl groups is 1. The van der Waals surface area contributed by atoms with Crippen LogP contribution in [0.15, 0.2) is 18.2 Å². The third-order valence-corrected chi connectivity index (χ3v) is 3.82. The maximum Gasteiger partial charge on any atom is 0.306 e. The first-order chi connectivity index (χ1) is 9.88. The van der Waals surface area contributed by atoms with Crippen LogP contribution in [0.25, 0.3) is 0 Å². The van der Waals surface area contributed by atoms with Crippen LogP contribution in [0.3, 0.4) is 0 Å². The van der Waals surface area contributed by atoms with Crippen molar-refractivity contribution in [2.75, 3.05) is 24.2 Å². The minimum atomic E-state index is -3.68. The van der Waals surface area contributed by atoms with Crippen molar-refractivity contribution < 1.29 is 23.1 Å². The molecule has 21 heavy (non-hydrogen) atoms. The van der Waals surface area contributed by atoms with E-state index in [0.29, 0.717) is 11.3 Å². The van der Waals surface area contributed by atoms with Gasteiger partial charge in [-0.2, -0.15) is 0 Å². The lowest BCUT2D eigenvalue weighted by molar-refractivity contribution is -0.140. The van der Waals surface area contributed by atoms with Crippen molar-refractivity contribution in [1.82, 2.24) is 0 Å². The first-order valence-corrected chi connectivity index (χ1v) is 7.81. The fourth-order valence-corrected chi connectivity index (χ4v) is 2.57. The molecule has 0 aliphatic carbocycles. The summed E-state index contributed by atoms with van der Waals surface area (Å²) in [5.41, 5.74) is 1.69. The van der Waals surface area contributed by atoms with Crippen LogP contribution in [0.4, 0.5) is 5.69 Å². The van der Waals surface area contributed by atoms with E-state index >= 15 is 0 Å². The Morgan fingerprint density at radius 2 is 2.14 bits per heavy atom. The van der Waals surface area contributed by atoms with E-state index in [1.807, 2.05) is 6.92 Å². The quantitative estimate of drug-likeness (QED) is 0.615. The largest absolute Gasteiger partial charge is 0.469 e. The molecule has 0 aromatic heterocycles. The lowest BCUT2D eigenvalue weighted by atomic mass is 10.1. The second-order valence-electron chi connectivity index (χ2n) is 4.26. The number of nitrogens with one attached hydrogen (secondary N) is 1. The molecule has 7 heteroatoms. The summed E-state index contributed by atoms with van der Waals surface area (Å²) >= 11 is 0. The summed E-state index contributed by atoms with van der Waals surface area (Å²) in [5.74, 6) is 4.19. The Morgan fingerprint density at radius 3 is 2.76 bits per heavy atom. The summed E-state index contributed by atoms with van der Waals surface area (Å²) in [4.78, 5) is 11.0. The van der Waals surface area contributed by atoms with E-state index in [2.05, 4.69) is 21.3 Å². The zero-order chi connectivity index (χ0) is 15.9. The zero-order valence-electron chi connectivity index (χ0n) is 11.8. The van der Waals surface area contributed by atoms with E-state index in [4.69, 9.17) is 5.11 Å². The molecule has 0 unspecified atom stereocenters. The predicted octanol–water partition coefficient (Wildman–Crippen LogP) is 0.644. The molecule has 0 saturated heterocycles. The van der Waals surface area contributed by atoms with Gasteiger partial charge in [0.05, 0.1) is 25.0 Å². The number of hydrogen-bond donors (Lipinski definition) is 2. The predicted molar refractivity (Wildman–Crippen MR) is 79.2 cm³/mol. The molecular formula is C14H17NO5S. The van der Waals surface area contributed by atoms with Crippen molar-refractivity contribution in [3.63, 3.8) is 0 Å². The fraction of sp³-hybridized carbons (Fsp3) is 0.357. The first-order valence-electron chi connectivity index (χ1n) is 6.15. The lowest BCUT2D eigenvalue weighted by Gasteiger charge is -2.10. The van der Waals surface area contributed by atoms with Gasteiger partial charge in [0, 0.05) is 5.56 Å². The van der Waals surface area contributed by atoms with Crippen LogP contribution in [-0.2, 0) is 19.6 Å². The third-order valence-electron chi connectivity index (χ3n) is 2.55. The smallest absolute Gasteiger partial charge is 0.306 e. The minimum Gasteiger partial charge on any atom is -0.469 e. The van der Waals surface area contributed by atoms with Gasteiger partial charge in [0.25, 0.3) is 0 Å². The van der Waals surface area contributed by atoms with Gasteiger partial charge in [-0.05, 0) is 24.6 Å². The Balaban J connectivity index is 2.93. The third kappa shape index (κ3) is 5.85. The van der Waals surface area contributed by atoms with Crippen molar-refractivity contribution in [2.24, 2.45) is 0 Å². The van der Waals surface area contributed by atoms with Gasteiger partial charge in [0.2, 0.25) is 10.0 Å². The summed E-state index contributed by atoms with van der Waals surface area (Å²) in [6.07, 6.45) is -0.227. The van der Waals surface area contributed by atoms with Gasteiger partial charge in [0.1, 0.15) is 6.61 Å². The topological polar surface area (TPSA) is 92.7 Å². The van der Waals surface area contributed by atoms with E-state index in [1.54, 1.807) is 18.2 Å². The van der Waals surface area contributed by atoms with E-state index in [-0.39, 0.29) is 18.8 Å². The number of ether oxygens (including phenoxy) is 1. The van der Waals surface area contributed by atoms with Crippen LogP contribution in [0.5, 0.6) is 0 Å². The van der Waals surface area contributed by atoms with Gasteiger partial charge >= 0.3 is 5.97 Å². The van der Waals surface area contributed by atoms with Crippen LogP contribution in [0, 0.1) is 18.8 Å². The summed E-state index contributed by atoms with van der Waals surface area (Å²) in [6, 6.07) is 5.04. The number of hydrogen-bond acceptors (Lipinski definition) is 5. The van der Waals surface area contributed by atoms with Crippen LogP contribution in [0.2, 0.25) is 0 Å². The summed E-state index contributed by atoms with van der Waals surface area (Å²) in [5, 5.41) is 8.73. The van der Waals surface area contributed by atoms with E-state index in [9.17, 15) is 13.2 Å². The second-order valence-corrected chi connectivity index (χ2v) is 6.10. The number of carbonyl (C=O) groups excluding carboxylic acids is 1. The number of carbonyl (C=O) groups is 1. The molecule has 0 fully saturated rings. The average Bonchev–Trinajstić information content (AvgIpc) is 2.44.